The van der Waals surface area contributed by atoms with Crippen molar-refractivity contribution in [1.29, 1.82) is 0 Å². The summed E-state index contributed by atoms with van der Waals surface area (Å²) in [4.78, 5) is 15.1. The Labute approximate surface area is 134 Å². The summed E-state index contributed by atoms with van der Waals surface area (Å²) in [5.74, 6) is 1.05. The van der Waals surface area contributed by atoms with Gasteiger partial charge in [0.05, 0.1) is 25.8 Å². The van der Waals surface area contributed by atoms with Gasteiger partial charge in [-0.15, -0.1) is 0 Å². The molecule has 2 rings (SSSR count). The third-order valence-corrected chi connectivity index (χ3v) is 3.66. The molecule has 2 aromatic rings. The van der Waals surface area contributed by atoms with Gasteiger partial charge in [-0.25, -0.2) is 0 Å². The van der Waals surface area contributed by atoms with Gasteiger partial charge in [0, 0.05) is 6.20 Å². The van der Waals surface area contributed by atoms with Gasteiger partial charge in [-0.3, -0.25) is 4.79 Å². The Hall–Kier alpha value is -2.34. The van der Waals surface area contributed by atoms with Gasteiger partial charge in [-0.1, -0.05) is 18.3 Å². The Kier molecular flexibility index (Phi) is 5.16. The molecule has 0 spiro atoms. The Balaban J connectivity index is 2.19. The van der Waals surface area contributed by atoms with Crippen molar-refractivity contribution in [1.82, 2.24) is 10.3 Å². The van der Waals surface area contributed by atoms with Gasteiger partial charge in [0.15, 0.2) is 11.5 Å². The van der Waals surface area contributed by atoms with Gasteiger partial charge in [0.2, 0.25) is 0 Å². The Bertz CT molecular complexity index is 727. The zero-order valence-corrected chi connectivity index (χ0v) is 13.5. The summed E-state index contributed by atoms with van der Waals surface area (Å²) in [6, 6.07) is 8.78. The fourth-order valence-electron chi connectivity index (χ4n) is 2.08. The topological polar surface area (TPSA) is 63.3 Å². The van der Waals surface area contributed by atoms with Crippen LogP contribution in [0.1, 0.15) is 28.9 Å². The monoisotopic (exact) mass is 318 g/mol. The maximum Gasteiger partial charge on any atom is 0.254 e. The number of amides is 1. The Morgan fingerprint density at radius 2 is 1.95 bits per heavy atom. The van der Waals surface area contributed by atoms with Crippen LogP contribution in [0.3, 0.4) is 0 Å². The van der Waals surface area contributed by atoms with Gasteiger partial charge in [0.1, 0.15) is 4.64 Å². The maximum atomic E-state index is 12.3. The number of pyridine rings is 1. The maximum absolute atomic E-state index is 12.3. The Morgan fingerprint density at radius 3 is 2.59 bits per heavy atom. The number of carbonyl (C=O) groups is 1. The molecule has 0 radical (unpaired) electrons. The van der Waals surface area contributed by atoms with Crippen LogP contribution in [-0.2, 0) is 0 Å². The number of rotatable bonds is 5. The molecule has 0 aliphatic heterocycles. The first-order valence-electron chi connectivity index (χ1n) is 6.77. The lowest BCUT2D eigenvalue weighted by Crippen LogP contribution is -2.27. The fourth-order valence-corrected chi connectivity index (χ4v) is 2.31. The lowest BCUT2D eigenvalue weighted by Gasteiger charge is -2.16. The van der Waals surface area contributed by atoms with Crippen molar-refractivity contribution in [2.75, 3.05) is 14.2 Å². The van der Waals surface area contributed by atoms with Crippen LogP contribution in [0.25, 0.3) is 0 Å². The molecule has 0 aliphatic rings. The predicted molar refractivity (Wildman–Crippen MR) is 87.1 cm³/mol. The normalized spacial score (nSPS) is 11.6. The van der Waals surface area contributed by atoms with Crippen LogP contribution < -0.4 is 14.8 Å². The number of hydrogen-bond acceptors (Lipinski definition) is 4. The van der Waals surface area contributed by atoms with E-state index in [1.807, 2.05) is 25.1 Å². The minimum atomic E-state index is -0.218. The summed E-state index contributed by atoms with van der Waals surface area (Å²) in [5.41, 5.74) is 1.36. The summed E-state index contributed by atoms with van der Waals surface area (Å²) in [7, 11) is 3.16. The number of benzene rings is 1. The van der Waals surface area contributed by atoms with Crippen LogP contribution in [0.4, 0.5) is 0 Å². The van der Waals surface area contributed by atoms with Crippen molar-refractivity contribution in [3.05, 3.63) is 52.3 Å². The second-order valence-electron chi connectivity index (χ2n) is 4.72. The molecular formula is C16H18N2O3S. The number of hydrogen-bond donors (Lipinski definition) is 2. The van der Waals surface area contributed by atoms with E-state index in [1.54, 1.807) is 32.5 Å². The molecule has 0 saturated heterocycles. The molecule has 1 unspecified atom stereocenters. The molecule has 116 valence electrons. The predicted octanol–water partition coefficient (Wildman–Crippen LogP) is 3.25. The third kappa shape index (κ3) is 3.46. The van der Waals surface area contributed by atoms with Crippen LogP contribution in [-0.4, -0.2) is 25.1 Å². The molecular weight excluding hydrogens is 300 g/mol. The van der Waals surface area contributed by atoms with E-state index >= 15 is 0 Å². The molecule has 1 aromatic heterocycles. The smallest absolute Gasteiger partial charge is 0.254 e. The molecule has 6 heteroatoms. The summed E-state index contributed by atoms with van der Waals surface area (Å²) >= 11 is 5.12. The number of aromatic nitrogens is 1. The zero-order valence-electron chi connectivity index (χ0n) is 12.7. The second kappa shape index (κ2) is 7.09. The van der Waals surface area contributed by atoms with E-state index in [-0.39, 0.29) is 11.9 Å². The average Bonchev–Trinajstić information content (AvgIpc) is 2.54. The van der Waals surface area contributed by atoms with E-state index in [0.717, 1.165) is 5.56 Å². The minimum Gasteiger partial charge on any atom is -0.493 e. The van der Waals surface area contributed by atoms with Crippen LogP contribution in [0, 0.1) is 4.64 Å². The summed E-state index contributed by atoms with van der Waals surface area (Å²) < 4.78 is 10.9. The molecule has 0 saturated carbocycles. The molecule has 5 nitrogen and oxygen atoms in total. The van der Waals surface area contributed by atoms with Crippen LogP contribution in [0.5, 0.6) is 11.5 Å². The van der Waals surface area contributed by atoms with E-state index in [9.17, 15) is 4.79 Å². The first-order chi connectivity index (χ1) is 10.6. The first kappa shape index (κ1) is 16.0. The van der Waals surface area contributed by atoms with Gasteiger partial charge >= 0.3 is 0 Å². The highest BCUT2D eigenvalue weighted by atomic mass is 32.1. The lowest BCUT2D eigenvalue weighted by molar-refractivity contribution is 0.0939. The molecule has 1 amide bonds. The number of ether oxygens (including phenoxy) is 2. The number of carbonyl (C=O) groups excluding carboxylic acids is 1. The van der Waals surface area contributed by atoms with Crippen LogP contribution >= 0.6 is 12.2 Å². The lowest BCUT2D eigenvalue weighted by atomic mass is 10.1. The van der Waals surface area contributed by atoms with Gasteiger partial charge in [-0.05, 0) is 36.8 Å². The number of methoxy groups -OCH3 is 2. The second-order valence-corrected chi connectivity index (χ2v) is 5.13. The summed E-state index contributed by atoms with van der Waals surface area (Å²) in [6.07, 6.45) is 1.69. The van der Waals surface area contributed by atoms with Gasteiger partial charge < -0.3 is 19.8 Å². The quantitative estimate of drug-likeness (QED) is 0.831. The molecule has 0 aliphatic carbocycles. The van der Waals surface area contributed by atoms with E-state index in [0.29, 0.717) is 21.7 Å². The highest BCUT2D eigenvalue weighted by Gasteiger charge is 2.14. The molecule has 0 fully saturated rings. The fraction of sp³-hybridized carbons (Fsp3) is 0.250. The minimum absolute atomic E-state index is 0.193. The van der Waals surface area contributed by atoms with Crippen LogP contribution in [0.2, 0.25) is 0 Å². The van der Waals surface area contributed by atoms with E-state index in [4.69, 9.17) is 21.7 Å². The molecule has 0 bridgehead atoms. The zero-order chi connectivity index (χ0) is 16.1. The van der Waals surface area contributed by atoms with E-state index in [1.165, 1.54) is 0 Å². The highest BCUT2D eigenvalue weighted by Crippen LogP contribution is 2.29. The van der Waals surface area contributed by atoms with E-state index < -0.39 is 0 Å². The standard InChI is InChI=1S/C16H18N2O3S/c1-10(11-6-7-13(20-2)14(9-11)21-3)18-15(19)12-5-4-8-17-16(12)22/h4-10H,1-3H3,(H,17,22)(H,18,19). The van der Waals surface area contributed by atoms with Crippen molar-refractivity contribution >= 4 is 18.1 Å². The number of H-pyrrole nitrogens is 1. The Morgan fingerprint density at radius 1 is 1.23 bits per heavy atom. The molecule has 1 aromatic carbocycles. The average molecular weight is 318 g/mol. The summed E-state index contributed by atoms with van der Waals surface area (Å²) in [6.45, 7) is 1.90. The van der Waals surface area contributed by atoms with Crippen molar-refractivity contribution < 1.29 is 14.3 Å². The van der Waals surface area contributed by atoms with Crippen molar-refractivity contribution in [2.45, 2.75) is 13.0 Å². The SMILES string of the molecule is COc1ccc(C(C)NC(=O)c2ccc[nH]c2=S)cc1OC. The largest absolute Gasteiger partial charge is 0.493 e. The third-order valence-electron chi connectivity index (χ3n) is 3.32. The summed E-state index contributed by atoms with van der Waals surface area (Å²) in [5, 5.41) is 2.92. The van der Waals surface area contributed by atoms with Crippen molar-refractivity contribution in [3.8, 4) is 11.5 Å². The highest BCUT2D eigenvalue weighted by molar-refractivity contribution is 7.71. The van der Waals surface area contributed by atoms with E-state index in [2.05, 4.69) is 10.3 Å². The molecule has 2 N–H and O–H groups in total. The van der Waals surface area contributed by atoms with Crippen molar-refractivity contribution in [2.24, 2.45) is 0 Å². The number of aromatic amines is 1. The van der Waals surface area contributed by atoms with Crippen LogP contribution in [0.15, 0.2) is 36.5 Å². The number of nitrogens with one attached hydrogen (secondary N) is 2. The van der Waals surface area contributed by atoms with Gasteiger partial charge in [0.25, 0.3) is 5.91 Å². The molecule has 1 heterocycles. The first-order valence-corrected chi connectivity index (χ1v) is 7.18. The molecule has 22 heavy (non-hydrogen) atoms. The molecule has 1 atom stereocenters. The van der Waals surface area contributed by atoms with Gasteiger partial charge in [-0.2, -0.15) is 0 Å². The van der Waals surface area contributed by atoms with Crippen molar-refractivity contribution in [3.63, 3.8) is 0 Å².